The van der Waals surface area contributed by atoms with E-state index >= 15 is 0 Å². The van der Waals surface area contributed by atoms with Gasteiger partial charge >= 0.3 is 0 Å². The molecular formula is C18H35N5O2. The Morgan fingerprint density at radius 1 is 1.08 bits per heavy atom. The largest absolute Gasteiger partial charge is 0.379 e. The van der Waals surface area contributed by atoms with Crippen LogP contribution in [0.5, 0.6) is 0 Å². The molecule has 0 spiro atoms. The van der Waals surface area contributed by atoms with E-state index in [-0.39, 0.29) is 18.0 Å². The third-order valence-corrected chi connectivity index (χ3v) is 4.98. The standard InChI is InChI=1S/C18H35N5O2/c1-4-19-17(20-14-16(24)22-8-6-5-7-9-22)21-15-18(2,3)23-10-12-25-13-11-23/h4-15H2,1-3H3,(H2,19,20,21). The van der Waals surface area contributed by atoms with Crippen molar-refractivity contribution in [3.63, 3.8) is 0 Å². The van der Waals surface area contributed by atoms with Crippen LogP contribution in [-0.2, 0) is 9.53 Å². The lowest BCUT2D eigenvalue weighted by Gasteiger charge is -2.41. The number of hydrogen-bond donors (Lipinski definition) is 2. The summed E-state index contributed by atoms with van der Waals surface area (Å²) in [6.45, 7) is 13.5. The molecule has 0 saturated carbocycles. The van der Waals surface area contributed by atoms with Crippen LogP contribution in [0.1, 0.15) is 40.0 Å². The van der Waals surface area contributed by atoms with E-state index in [1.807, 2.05) is 11.8 Å². The van der Waals surface area contributed by atoms with Crippen LogP contribution in [0.3, 0.4) is 0 Å². The second-order valence-electron chi connectivity index (χ2n) is 7.40. The molecule has 2 N–H and O–H groups in total. The number of nitrogens with one attached hydrogen (secondary N) is 2. The number of likely N-dealkylation sites (tertiary alicyclic amines) is 1. The molecule has 25 heavy (non-hydrogen) atoms. The van der Waals surface area contributed by atoms with E-state index in [0.29, 0.717) is 5.96 Å². The van der Waals surface area contributed by atoms with Crippen LogP contribution >= 0.6 is 0 Å². The quantitative estimate of drug-likeness (QED) is 0.542. The summed E-state index contributed by atoms with van der Waals surface area (Å²) in [6, 6.07) is 0. The van der Waals surface area contributed by atoms with Gasteiger partial charge in [0, 0.05) is 44.8 Å². The second-order valence-corrected chi connectivity index (χ2v) is 7.40. The molecule has 7 heteroatoms. The lowest BCUT2D eigenvalue weighted by molar-refractivity contribution is -0.130. The van der Waals surface area contributed by atoms with Crippen LogP contribution in [0.25, 0.3) is 0 Å². The Morgan fingerprint density at radius 3 is 2.40 bits per heavy atom. The smallest absolute Gasteiger partial charge is 0.244 e. The van der Waals surface area contributed by atoms with E-state index in [1.165, 1.54) is 6.42 Å². The van der Waals surface area contributed by atoms with Crippen molar-refractivity contribution < 1.29 is 9.53 Å². The van der Waals surface area contributed by atoms with Crippen LogP contribution in [-0.4, -0.2) is 86.2 Å². The molecule has 2 fully saturated rings. The molecule has 7 nitrogen and oxygen atoms in total. The highest BCUT2D eigenvalue weighted by molar-refractivity contribution is 5.85. The summed E-state index contributed by atoms with van der Waals surface area (Å²) in [7, 11) is 0. The maximum atomic E-state index is 12.3. The zero-order valence-corrected chi connectivity index (χ0v) is 16.1. The van der Waals surface area contributed by atoms with Crippen LogP contribution in [0.15, 0.2) is 4.99 Å². The monoisotopic (exact) mass is 353 g/mol. The van der Waals surface area contributed by atoms with Crippen LogP contribution in [0.2, 0.25) is 0 Å². The number of carbonyl (C=O) groups excluding carboxylic acids is 1. The van der Waals surface area contributed by atoms with Gasteiger partial charge in [0.2, 0.25) is 5.91 Å². The van der Waals surface area contributed by atoms with Gasteiger partial charge in [-0.1, -0.05) is 0 Å². The molecule has 0 unspecified atom stereocenters. The molecule has 0 aromatic heterocycles. The third kappa shape index (κ3) is 6.47. The van der Waals surface area contributed by atoms with E-state index in [9.17, 15) is 4.79 Å². The summed E-state index contributed by atoms with van der Waals surface area (Å²) in [4.78, 5) is 21.2. The zero-order chi connectivity index (χ0) is 18.1. The molecule has 0 bridgehead atoms. The SMILES string of the molecule is CCNC(=NCC(=O)N1CCCCC1)NCC(C)(C)N1CCOCC1. The highest BCUT2D eigenvalue weighted by Gasteiger charge is 2.28. The van der Waals surface area contributed by atoms with Crippen molar-refractivity contribution in [2.75, 3.05) is 59.0 Å². The molecule has 2 aliphatic rings. The van der Waals surface area contributed by atoms with Crippen molar-refractivity contribution >= 4 is 11.9 Å². The van der Waals surface area contributed by atoms with Crippen molar-refractivity contribution in [3.05, 3.63) is 0 Å². The number of guanidine groups is 1. The van der Waals surface area contributed by atoms with Crippen LogP contribution < -0.4 is 10.6 Å². The molecule has 0 radical (unpaired) electrons. The number of piperidine rings is 1. The first-order valence-corrected chi connectivity index (χ1v) is 9.65. The Kier molecular flexibility index (Phi) is 7.96. The Morgan fingerprint density at radius 2 is 1.76 bits per heavy atom. The van der Waals surface area contributed by atoms with Gasteiger partial charge in [-0.15, -0.1) is 0 Å². The number of rotatable bonds is 6. The average molecular weight is 354 g/mol. The zero-order valence-electron chi connectivity index (χ0n) is 16.1. The minimum atomic E-state index is 0.0108. The molecule has 1 amide bonds. The van der Waals surface area contributed by atoms with Gasteiger partial charge in [-0.05, 0) is 40.0 Å². The minimum Gasteiger partial charge on any atom is -0.379 e. The van der Waals surface area contributed by atoms with Crippen LogP contribution in [0.4, 0.5) is 0 Å². The van der Waals surface area contributed by atoms with E-state index in [0.717, 1.165) is 65.3 Å². The molecule has 2 heterocycles. The van der Waals surface area contributed by atoms with Gasteiger partial charge in [0.1, 0.15) is 6.54 Å². The maximum absolute atomic E-state index is 12.3. The number of nitrogens with zero attached hydrogens (tertiary/aromatic N) is 3. The fourth-order valence-electron chi connectivity index (χ4n) is 3.31. The fourth-order valence-corrected chi connectivity index (χ4v) is 3.31. The number of hydrogen-bond acceptors (Lipinski definition) is 4. The van der Waals surface area contributed by atoms with Gasteiger partial charge in [-0.2, -0.15) is 0 Å². The molecule has 0 atom stereocenters. The first-order valence-electron chi connectivity index (χ1n) is 9.65. The first kappa shape index (κ1) is 20.0. The highest BCUT2D eigenvalue weighted by atomic mass is 16.5. The van der Waals surface area contributed by atoms with Crippen molar-refractivity contribution in [2.24, 2.45) is 4.99 Å². The summed E-state index contributed by atoms with van der Waals surface area (Å²) >= 11 is 0. The predicted octanol–water partition coefficient (Wildman–Crippen LogP) is 0.665. The summed E-state index contributed by atoms with van der Waals surface area (Å²) in [5.74, 6) is 0.846. The summed E-state index contributed by atoms with van der Waals surface area (Å²) in [5.41, 5.74) is 0.0108. The number of amides is 1. The number of aliphatic imine (C=N–C) groups is 1. The summed E-state index contributed by atoms with van der Waals surface area (Å²) < 4.78 is 5.44. The van der Waals surface area contributed by atoms with E-state index in [1.54, 1.807) is 0 Å². The van der Waals surface area contributed by atoms with Gasteiger partial charge in [-0.3, -0.25) is 9.69 Å². The molecule has 2 saturated heterocycles. The second kappa shape index (κ2) is 9.97. The van der Waals surface area contributed by atoms with E-state index in [2.05, 4.69) is 34.4 Å². The number of morpholine rings is 1. The highest BCUT2D eigenvalue weighted by Crippen LogP contribution is 2.15. The topological polar surface area (TPSA) is 69.2 Å². The Bertz CT molecular complexity index is 441. The molecule has 2 rings (SSSR count). The minimum absolute atomic E-state index is 0.0108. The van der Waals surface area contributed by atoms with Gasteiger partial charge in [-0.25, -0.2) is 4.99 Å². The van der Waals surface area contributed by atoms with E-state index in [4.69, 9.17) is 4.74 Å². The maximum Gasteiger partial charge on any atom is 0.244 e. The van der Waals surface area contributed by atoms with Crippen molar-refractivity contribution in [2.45, 2.75) is 45.6 Å². The number of carbonyl (C=O) groups is 1. The lowest BCUT2D eigenvalue weighted by Crippen LogP contribution is -2.56. The normalized spacial score (nSPS) is 20.4. The van der Waals surface area contributed by atoms with Gasteiger partial charge in [0.25, 0.3) is 0 Å². The Hall–Kier alpha value is -1.34. The van der Waals surface area contributed by atoms with Gasteiger partial charge in [0.05, 0.1) is 13.2 Å². The molecule has 2 aliphatic heterocycles. The average Bonchev–Trinajstić information content (AvgIpc) is 2.65. The van der Waals surface area contributed by atoms with Gasteiger partial charge in [0.15, 0.2) is 5.96 Å². The summed E-state index contributed by atoms with van der Waals surface area (Å²) in [5, 5.41) is 6.64. The van der Waals surface area contributed by atoms with Crippen molar-refractivity contribution in [1.82, 2.24) is 20.4 Å². The van der Waals surface area contributed by atoms with E-state index < -0.39 is 0 Å². The molecule has 0 aromatic rings. The molecule has 0 aromatic carbocycles. The predicted molar refractivity (Wildman–Crippen MR) is 101 cm³/mol. The molecule has 144 valence electrons. The number of ether oxygens (including phenoxy) is 1. The Balaban J connectivity index is 1.84. The Labute approximate surface area is 152 Å². The van der Waals surface area contributed by atoms with Crippen molar-refractivity contribution in [3.8, 4) is 0 Å². The lowest BCUT2D eigenvalue weighted by atomic mass is 10.0. The van der Waals surface area contributed by atoms with Crippen molar-refractivity contribution in [1.29, 1.82) is 0 Å². The fraction of sp³-hybridized carbons (Fsp3) is 0.889. The third-order valence-electron chi connectivity index (χ3n) is 4.98. The summed E-state index contributed by atoms with van der Waals surface area (Å²) in [6.07, 6.45) is 3.46. The first-order chi connectivity index (χ1) is 12.0. The van der Waals surface area contributed by atoms with Gasteiger partial charge < -0.3 is 20.3 Å². The molecular weight excluding hydrogens is 318 g/mol. The van der Waals surface area contributed by atoms with Crippen LogP contribution in [0, 0.1) is 0 Å². The molecule has 0 aliphatic carbocycles.